The number of carbonyl (C=O) groups is 2. The first kappa shape index (κ1) is 16.7. The molecule has 23 heavy (non-hydrogen) atoms. The molecule has 0 aliphatic rings. The zero-order valence-corrected chi connectivity index (χ0v) is 13.5. The van der Waals surface area contributed by atoms with Crippen LogP contribution in [0.1, 0.15) is 36.2 Å². The number of nitrogens with zero attached hydrogens (tertiary/aromatic N) is 2. The maximum Gasteiger partial charge on any atom is 0.309 e. The molecule has 2 aromatic rings. The molecule has 2 rings (SSSR count). The highest BCUT2D eigenvalue weighted by Crippen LogP contribution is 2.19. The Morgan fingerprint density at radius 1 is 1.30 bits per heavy atom. The number of para-hydroxylation sites is 1. The molecule has 0 saturated carbocycles. The lowest BCUT2D eigenvalue weighted by molar-refractivity contribution is -0.147. The van der Waals surface area contributed by atoms with Crippen molar-refractivity contribution < 1.29 is 14.7 Å². The highest BCUT2D eigenvalue weighted by Gasteiger charge is 2.26. The SMILES string of the molecule is Cc1ccccc1-n1cc(C(=O)NCCC(C)(C)C(=O)O)cn1. The number of carboxylic acids is 1. The van der Waals surface area contributed by atoms with Crippen LogP contribution in [-0.4, -0.2) is 33.3 Å². The summed E-state index contributed by atoms with van der Waals surface area (Å²) in [4.78, 5) is 23.2. The van der Waals surface area contributed by atoms with E-state index in [2.05, 4.69) is 10.4 Å². The number of aryl methyl sites for hydroxylation is 1. The van der Waals surface area contributed by atoms with Crippen molar-refractivity contribution in [3.63, 3.8) is 0 Å². The third-order valence-electron chi connectivity index (χ3n) is 3.82. The van der Waals surface area contributed by atoms with Gasteiger partial charge in [-0.15, -0.1) is 0 Å². The number of nitrogens with one attached hydrogen (secondary N) is 1. The molecular formula is C17H21N3O3. The zero-order valence-electron chi connectivity index (χ0n) is 13.5. The molecule has 0 unspecified atom stereocenters. The third-order valence-corrected chi connectivity index (χ3v) is 3.82. The Balaban J connectivity index is 2.00. The number of hydrogen-bond donors (Lipinski definition) is 2. The molecule has 6 heteroatoms. The second-order valence-electron chi connectivity index (χ2n) is 6.16. The lowest BCUT2D eigenvalue weighted by Crippen LogP contribution is -2.31. The fraction of sp³-hybridized carbons (Fsp3) is 0.353. The second kappa shape index (κ2) is 6.64. The van der Waals surface area contributed by atoms with Gasteiger partial charge in [-0.3, -0.25) is 9.59 Å². The number of amides is 1. The van der Waals surface area contributed by atoms with Crippen molar-refractivity contribution in [2.24, 2.45) is 5.41 Å². The maximum absolute atomic E-state index is 12.1. The Hall–Kier alpha value is -2.63. The minimum Gasteiger partial charge on any atom is -0.481 e. The van der Waals surface area contributed by atoms with Gasteiger partial charge < -0.3 is 10.4 Å². The monoisotopic (exact) mass is 315 g/mol. The van der Waals surface area contributed by atoms with Crippen molar-refractivity contribution in [1.29, 1.82) is 0 Å². The summed E-state index contributed by atoms with van der Waals surface area (Å²) in [7, 11) is 0. The summed E-state index contributed by atoms with van der Waals surface area (Å²) >= 11 is 0. The van der Waals surface area contributed by atoms with E-state index in [1.807, 2.05) is 31.2 Å². The number of hydrogen-bond acceptors (Lipinski definition) is 3. The lowest BCUT2D eigenvalue weighted by Gasteiger charge is -2.18. The molecule has 0 spiro atoms. The van der Waals surface area contributed by atoms with Crippen molar-refractivity contribution in [3.05, 3.63) is 47.8 Å². The van der Waals surface area contributed by atoms with Crippen LogP contribution in [0.5, 0.6) is 0 Å². The van der Waals surface area contributed by atoms with E-state index >= 15 is 0 Å². The average Bonchev–Trinajstić information content (AvgIpc) is 2.97. The van der Waals surface area contributed by atoms with E-state index in [0.29, 0.717) is 18.5 Å². The van der Waals surface area contributed by atoms with Crippen molar-refractivity contribution in [1.82, 2.24) is 15.1 Å². The van der Waals surface area contributed by atoms with Gasteiger partial charge in [0.15, 0.2) is 0 Å². The van der Waals surface area contributed by atoms with Gasteiger partial charge in [0, 0.05) is 12.7 Å². The van der Waals surface area contributed by atoms with Gasteiger partial charge >= 0.3 is 5.97 Å². The number of aromatic nitrogens is 2. The number of aliphatic carboxylic acids is 1. The van der Waals surface area contributed by atoms with Gasteiger partial charge in [0.05, 0.1) is 22.9 Å². The summed E-state index contributed by atoms with van der Waals surface area (Å²) in [6.07, 6.45) is 3.53. The van der Waals surface area contributed by atoms with Gasteiger partial charge in [-0.25, -0.2) is 4.68 Å². The van der Waals surface area contributed by atoms with Crippen LogP contribution >= 0.6 is 0 Å². The molecule has 1 heterocycles. The van der Waals surface area contributed by atoms with E-state index in [1.165, 1.54) is 6.20 Å². The molecule has 2 N–H and O–H groups in total. The number of rotatable bonds is 6. The smallest absolute Gasteiger partial charge is 0.309 e. The van der Waals surface area contributed by atoms with E-state index in [1.54, 1.807) is 24.7 Å². The van der Waals surface area contributed by atoms with E-state index in [4.69, 9.17) is 5.11 Å². The molecule has 0 fully saturated rings. The Morgan fingerprint density at radius 3 is 2.65 bits per heavy atom. The first-order valence-electron chi connectivity index (χ1n) is 7.43. The summed E-state index contributed by atoms with van der Waals surface area (Å²) in [6.45, 7) is 5.55. The van der Waals surface area contributed by atoms with Crippen LogP contribution in [0.2, 0.25) is 0 Å². The second-order valence-corrected chi connectivity index (χ2v) is 6.16. The molecule has 0 bridgehead atoms. The number of carbonyl (C=O) groups excluding carboxylic acids is 1. The van der Waals surface area contributed by atoms with E-state index in [9.17, 15) is 9.59 Å². The number of benzene rings is 1. The molecule has 0 aliphatic heterocycles. The first-order valence-corrected chi connectivity index (χ1v) is 7.43. The highest BCUT2D eigenvalue weighted by atomic mass is 16.4. The van der Waals surface area contributed by atoms with Gasteiger partial charge in [-0.1, -0.05) is 18.2 Å². The Kier molecular flexibility index (Phi) is 4.83. The Labute approximate surface area is 135 Å². The predicted molar refractivity (Wildman–Crippen MR) is 86.7 cm³/mol. The molecule has 1 aromatic heterocycles. The molecule has 1 amide bonds. The van der Waals surface area contributed by atoms with Gasteiger partial charge in [-0.2, -0.15) is 5.10 Å². The van der Waals surface area contributed by atoms with Crippen molar-refractivity contribution in [2.75, 3.05) is 6.54 Å². The first-order chi connectivity index (χ1) is 10.8. The van der Waals surface area contributed by atoms with Crippen LogP contribution in [0.25, 0.3) is 5.69 Å². The standard InChI is InChI=1S/C17H21N3O3/c1-12-6-4-5-7-14(12)20-11-13(10-19-20)15(21)18-9-8-17(2,3)16(22)23/h4-7,10-11H,8-9H2,1-3H3,(H,18,21)(H,22,23). The average molecular weight is 315 g/mol. The van der Waals surface area contributed by atoms with Crippen LogP contribution in [0.4, 0.5) is 0 Å². The molecule has 1 aromatic carbocycles. The van der Waals surface area contributed by atoms with Gasteiger partial charge in [0.2, 0.25) is 0 Å². The normalized spacial score (nSPS) is 11.3. The molecule has 0 radical (unpaired) electrons. The molecule has 0 saturated heterocycles. The van der Waals surface area contributed by atoms with Crippen molar-refractivity contribution in [2.45, 2.75) is 27.2 Å². The largest absolute Gasteiger partial charge is 0.481 e. The van der Waals surface area contributed by atoms with E-state index < -0.39 is 11.4 Å². The highest BCUT2D eigenvalue weighted by molar-refractivity contribution is 5.93. The Morgan fingerprint density at radius 2 is 2.00 bits per heavy atom. The topological polar surface area (TPSA) is 84.2 Å². The van der Waals surface area contributed by atoms with Crippen molar-refractivity contribution in [3.8, 4) is 5.69 Å². The molecule has 0 aliphatic carbocycles. The van der Waals surface area contributed by atoms with Crippen LogP contribution in [-0.2, 0) is 4.79 Å². The lowest BCUT2D eigenvalue weighted by atomic mass is 9.90. The molecule has 122 valence electrons. The zero-order chi connectivity index (χ0) is 17.0. The van der Waals surface area contributed by atoms with Crippen molar-refractivity contribution >= 4 is 11.9 Å². The van der Waals surface area contributed by atoms with E-state index in [-0.39, 0.29) is 5.91 Å². The minimum absolute atomic E-state index is 0.258. The van der Waals surface area contributed by atoms with Crippen LogP contribution in [0.3, 0.4) is 0 Å². The number of carboxylic acid groups (broad SMARTS) is 1. The van der Waals surface area contributed by atoms with Gasteiger partial charge in [0.1, 0.15) is 0 Å². The molecule has 0 atom stereocenters. The quantitative estimate of drug-likeness (QED) is 0.857. The van der Waals surface area contributed by atoms with Crippen LogP contribution in [0, 0.1) is 12.3 Å². The van der Waals surface area contributed by atoms with Crippen LogP contribution in [0.15, 0.2) is 36.7 Å². The van der Waals surface area contributed by atoms with E-state index in [0.717, 1.165) is 11.3 Å². The molecule has 6 nitrogen and oxygen atoms in total. The fourth-order valence-corrected chi connectivity index (χ4v) is 2.09. The Bertz CT molecular complexity index is 719. The predicted octanol–water partition coefficient (Wildman–Crippen LogP) is 2.41. The van der Waals surface area contributed by atoms with Crippen LogP contribution < -0.4 is 5.32 Å². The third kappa shape index (κ3) is 3.97. The summed E-state index contributed by atoms with van der Waals surface area (Å²) in [5.41, 5.74) is 1.56. The van der Waals surface area contributed by atoms with Gasteiger partial charge in [0.25, 0.3) is 5.91 Å². The summed E-state index contributed by atoms with van der Waals surface area (Å²) in [6, 6.07) is 7.77. The maximum atomic E-state index is 12.1. The molecular weight excluding hydrogens is 294 g/mol. The summed E-state index contributed by atoms with van der Waals surface area (Å²) in [5, 5.41) is 16.0. The minimum atomic E-state index is -0.876. The van der Waals surface area contributed by atoms with Gasteiger partial charge in [-0.05, 0) is 38.8 Å². The fourth-order valence-electron chi connectivity index (χ4n) is 2.09. The summed E-state index contributed by atoms with van der Waals surface area (Å²) in [5.74, 6) is -1.13. The summed E-state index contributed by atoms with van der Waals surface area (Å²) < 4.78 is 1.66.